The third kappa shape index (κ3) is 3.31. The largest absolute Gasteiger partial charge is 0.525 e. The monoisotopic (exact) mass is 247 g/mol. The van der Waals surface area contributed by atoms with E-state index in [1.807, 2.05) is 0 Å². The van der Waals surface area contributed by atoms with Gasteiger partial charge in [-0.15, -0.1) is 13.2 Å². The van der Waals surface area contributed by atoms with Crippen molar-refractivity contribution in [1.29, 1.82) is 0 Å². The van der Waals surface area contributed by atoms with Crippen LogP contribution in [0.4, 0.5) is 26.3 Å². The van der Waals surface area contributed by atoms with Gasteiger partial charge in [-0.3, -0.25) is 0 Å². The number of primary sulfonamides is 1. The molecular weight excluding hydrogens is 244 g/mol. The number of sulfonamides is 1. The summed E-state index contributed by atoms with van der Waals surface area (Å²) in [5, 5.41) is -1.69. The number of nitrogens with two attached hydrogens (primary N) is 1. The second-order valence-corrected chi connectivity index (χ2v) is 3.62. The average molecular weight is 247 g/mol. The van der Waals surface area contributed by atoms with Gasteiger partial charge in [0.2, 0.25) is 0 Å². The van der Waals surface area contributed by atoms with Crippen LogP contribution in [0.3, 0.4) is 0 Å². The molecule has 0 rings (SSSR count). The van der Waals surface area contributed by atoms with Crippen LogP contribution < -0.4 is 5.14 Å². The summed E-state index contributed by atoms with van der Waals surface area (Å²) in [6.45, 7) is 0. The average Bonchev–Trinajstić information content (AvgIpc) is 1.80. The van der Waals surface area contributed by atoms with Gasteiger partial charge in [-0.1, -0.05) is 0 Å². The zero-order valence-corrected chi connectivity index (χ0v) is 6.87. The van der Waals surface area contributed by atoms with Gasteiger partial charge >= 0.3 is 11.6 Å². The van der Waals surface area contributed by atoms with Gasteiger partial charge in [0.05, 0.1) is 0 Å². The fraction of sp³-hybridized carbons (Fsp3) is 1.00. The highest BCUT2D eigenvalue weighted by atomic mass is 32.2. The van der Waals surface area contributed by atoms with E-state index in [0.717, 1.165) is 0 Å². The van der Waals surface area contributed by atoms with E-state index in [4.69, 9.17) is 0 Å². The Hall–Kier alpha value is -0.550. The Morgan fingerprint density at radius 3 is 1.71 bits per heavy atom. The summed E-state index contributed by atoms with van der Waals surface area (Å²) in [4.78, 5) is 0. The first kappa shape index (κ1) is 13.4. The summed E-state index contributed by atoms with van der Waals surface area (Å²) >= 11 is 0. The lowest BCUT2D eigenvalue weighted by Gasteiger charge is -2.19. The van der Waals surface area contributed by atoms with Gasteiger partial charge in [0, 0.05) is 0 Å². The van der Waals surface area contributed by atoms with E-state index in [1.165, 1.54) is 0 Å². The second kappa shape index (κ2) is 3.55. The highest BCUT2D eigenvalue weighted by molar-refractivity contribution is 7.90. The predicted octanol–water partition coefficient (Wildman–Crippen LogP) is 0.700. The Kier molecular flexibility index (Phi) is 3.41. The van der Waals surface area contributed by atoms with Crippen LogP contribution in [-0.4, -0.2) is 26.4 Å². The van der Waals surface area contributed by atoms with E-state index in [-0.39, 0.29) is 0 Å². The lowest BCUT2D eigenvalue weighted by Crippen LogP contribution is -2.46. The first-order chi connectivity index (χ1) is 5.88. The molecule has 1 atom stereocenters. The van der Waals surface area contributed by atoms with Gasteiger partial charge in [-0.05, 0) is 0 Å². The molecule has 0 aromatic rings. The van der Waals surface area contributed by atoms with E-state index in [2.05, 4.69) is 9.88 Å². The third-order valence-electron chi connectivity index (χ3n) is 0.881. The number of hydrogen-bond donors (Lipinski definition) is 1. The van der Waals surface area contributed by atoms with Crippen LogP contribution in [0.5, 0.6) is 0 Å². The van der Waals surface area contributed by atoms with Crippen LogP contribution in [-0.2, 0) is 14.8 Å². The molecule has 0 saturated carbocycles. The van der Waals surface area contributed by atoms with Gasteiger partial charge in [-0.2, -0.15) is 8.78 Å². The van der Waals surface area contributed by atoms with Crippen LogP contribution in [0, 0.1) is 0 Å². The fourth-order valence-corrected chi connectivity index (χ4v) is 0.621. The summed E-state index contributed by atoms with van der Waals surface area (Å²) in [5.41, 5.74) is 0. The summed E-state index contributed by atoms with van der Waals surface area (Å²) in [7, 11) is -5.81. The zero-order valence-electron chi connectivity index (χ0n) is 6.06. The molecule has 0 amide bonds. The van der Waals surface area contributed by atoms with Crippen molar-refractivity contribution in [3.8, 4) is 0 Å². The Balaban J connectivity index is 4.79. The van der Waals surface area contributed by atoms with E-state index in [9.17, 15) is 34.8 Å². The van der Waals surface area contributed by atoms with E-state index in [1.54, 1.807) is 0 Å². The Morgan fingerprint density at radius 1 is 1.14 bits per heavy atom. The molecule has 0 aliphatic rings. The molecule has 0 saturated heterocycles. The molecule has 0 aliphatic heterocycles. The van der Waals surface area contributed by atoms with Crippen LogP contribution in [0.2, 0.25) is 0 Å². The third-order valence-corrected chi connectivity index (χ3v) is 1.82. The van der Waals surface area contributed by atoms with Crippen molar-refractivity contribution in [3.63, 3.8) is 0 Å². The van der Waals surface area contributed by atoms with Crippen LogP contribution in [0.25, 0.3) is 0 Å². The highest BCUT2D eigenvalue weighted by Gasteiger charge is 2.56. The number of ether oxygens (including phenoxy) is 1. The molecule has 0 aromatic heterocycles. The molecule has 0 bridgehead atoms. The maximum Gasteiger partial charge on any atom is 0.525 e. The van der Waals surface area contributed by atoms with Gasteiger partial charge in [0.15, 0.2) is 0 Å². The number of alkyl halides is 6. The Labute approximate surface area is 73.7 Å². The minimum atomic E-state index is -5.81. The summed E-state index contributed by atoms with van der Waals surface area (Å²) in [6, 6.07) is 0. The van der Waals surface area contributed by atoms with Crippen molar-refractivity contribution < 1.29 is 39.5 Å². The molecule has 1 unspecified atom stereocenters. The zero-order chi connectivity index (χ0) is 11.8. The quantitative estimate of drug-likeness (QED) is 0.746. The van der Waals surface area contributed by atoms with Gasteiger partial charge in [0.25, 0.3) is 16.4 Å². The van der Waals surface area contributed by atoms with Gasteiger partial charge in [-0.25, -0.2) is 22.7 Å². The molecule has 0 aliphatic carbocycles. The SMILES string of the molecule is NS(=O)(=O)C(F)(F)C(F)OC(F)(F)F. The topological polar surface area (TPSA) is 69.4 Å². The summed E-state index contributed by atoms with van der Waals surface area (Å²) in [6.07, 6.45) is -10.1. The van der Waals surface area contributed by atoms with E-state index >= 15 is 0 Å². The van der Waals surface area contributed by atoms with Crippen molar-refractivity contribution in [2.24, 2.45) is 5.14 Å². The molecule has 0 aromatic carbocycles. The standard InChI is InChI=1S/C3H3F6NO3S/c4-1(13-3(7,8)9)2(5,6)14(10,11)12/h1H,(H2,10,11,12). The molecule has 0 radical (unpaired) electrons. The lowest BCUT2D eigenvalue weighted by molar-refractivity contribution is -0.378. The summed E-state index contributed by atoms with van der Waals surface area (Å²) in [5.74, 6) is 0. The molecule has 11 heteroatoms. The minimum absolute atomic E-state index is 2.15. The van der Waals surface area contributed by atoms with Crippen molar-refractivity contribution in [1.82, 2.24) is 0 Å². The van der Waals surface area contributed by atoms with Crippen LogP contribution in [0.15, 0.2) is 0 Å². The van der Waals surface area contributed by atoms with Gasteiger partial charge < -0.3 is 0 Å². The summed E-state index contributed by atoms with van der Waals surface area (Å²) < 4.78 is 91.9. The van der Waals surface area contributed by atoms with Crippen molar-refractivity contribution >= 4 is 10.0 Å². The first-order valence-electron chi connectivity index (χ1n) is 2.66. The number of halogens is 6. The van der Waals surface area contributed by atoms with Crippen LogP contribution >= 0.6 is 0 Å². The maximum atomic E-state index is 12.1. The number of rotatable bonds is 3. The molecule has 4 nitrogen and oxygen atoms in total. The number of hydrogen-bond acceptors (Lipinski definition) is 3. The Bertz CT molecular complexity index is 296. The molecular formula is C3H3F6NO3S. The predicted molar refractivity (Wildman–Crippen MR) is 30.1 cm³/mol. The van der Waals surface area contributed by atoms with Crippen molar-refractivity contribution in [2.45, 2.75) is 18.0 Å². The molecule has 14 heavy (non-hydrogen) atoms. The van der Waals surface area contributed by atoms with E-state index < -0.39 is 28.0 Å². The first-order valence-corrected chi connectivity index (χ1v) is 4.21. The maximum absolute atomic E-state index is 12.1. The molecule has 0 spiro atoms. The second-order valence-electron chi connectivity index (χ2n) is 1.99. The normalized spacial score (nSPS) is 16.8. The Morgan fingerprint density at radius 2 is 1.50 bits per heavy atom. The molecule has 0 heterocycles. The minimum Gasteiger partial charge on any atom is -0.249 e. The van der Waals surface area contributed by atoms with E-state index in [0.29, 0.717) is 0 Å². The fourth-order valence-electron chi connectivity index (χ4n) is 0.315. The van der Waals surface area contributed by atoms with Crippen molar-refractivity contribution in [2.75, 3.05) is 0 Å². The molecule has 2 N–H and O–H groups in total. The highest BCUT2D eigenvalue weighted by Crippen LogP contribution is 2.31. The van der Waals surface area contributed by atoms with Crippen molar-refractivity contribution in [3.05, 3.63) is 0 Å². The smallest absolute Gasteiger partial charge is 0.249 e. The molecule has 86 valence electrons. The van der Waals surface area contributed by atoms with Crippen LogP contribution in [0.1, 0.15) is 0 Å². The van der Waals surface area contributed by atoms with Gasteiger partial charge in [0.1, 0.15) is 0 Å². The molecule has 0 fully saturated rings. The lowest BCUT2D eigenvalue weighted by atomic mass is 10.7.